The molecule has 0 aliphatic heterocycles. The summed E-state index contributed by atoms with van der Waals surface area (Å²) in [6.45, 7) is 2.13. The number of hydrogen-bond acceptors (Lipinski definition) is 1. The number of benzene rings is 1. The maximum Gasteiger partial charge on any atom is -0.107 e. The Labute approximate surface area is 92.5 Å². The third kappa shape index (κ3) is 1.95. The van der Waals surface area contributed by atoms with Crippen LogP contribution in [0.4, 0.5) is 0 Å². The van der Waals surface area contributed by atoms with Crippen molar-refractivity contribution in [2.45, 2.75) is 6.92 Å². The number of fused-ring (bicyclic) bond motifs is 1. The zero-order chi connectivity index (χ0) is 6.97. The summed E-state index contributed by atoms with van der Waals surface area (Å²) >= 11 is -0.0590. The predicted octanol–water partition coefficient (Wildman–Crippen LogP) is 2.22. The van der Waals surface area contributed by atoms with Gasteiger partial charge in [-0.2, -0.15) is 0 Å². The third-order valence-electron chi connectivity index (χ3n) is 1.40. The van der Waals surface area contributed by atoms with Crippen molar-refractivity contribution in [3.63, 3.8) is 0 Å². The van der Waals surface area contributed by atoms with Gasteiger partial charge in [-0.25, -0.2) is 0 Å². The van der Waals surface area contributed by atoms with Crippen molar-refractivity contribution in [2.75, 3.05) is 0 Å². The van der Waals surface area contributed by atoms with Crippen molar-refractivity contribution >= 4 is 53.3 Å². The number of rotatable bonds is 0. The van der Waals surface area contributed by atoms with E-state index < -0.39 is 0 Å². The Balaban J connectivity index is 0.000000605. The van der Waals surface area contributed by atoms with Gasteiger partial charge in [-0.3, -0.25) is 0 Å². The van der Waals surface area contributed by atoms with Crippen molar-refractivity contribution < 1.29 is 0 Å². The molecule has 2 aromatic rings. The first-order chi connectivity index (χ1) is 4.86. The molecule has 1 aromatic carbocycles. The summed E-state index contributed by atoms with van der Waals surface area (Å²) in [4.78, 5) is 4.43. The van der Waals surface area contributed by atoms with E-state index in [2.05, 4.69) is 30.1 Å². The van der Waals surface area contributed by atoms with Gasteiger partial charge in [0.25, 0.3) is 0 Å². The van der Waals surface area contributed by atoms with Gasteiger partial charge in [0.05, 0.1) is 0 Å². The molecule has 1 nitrogen and oxygen atoms in total. The molecule has 0 unspecified atom stereocenters. The molecule has 1 heterocycles. The van der Waals surface area contributed by atoms with Gasteiger partial charge in [0.2, 0.25) is 0 Å². The minimum atomic E-state index is -0.0590. The number of aromatic nitrogens is 1. The van der Waals surface area contributed by atoms with Gasteiger partial charge in [0, 0.05) is 0 Å². The molecule has 0 spiro atoms. The zero-order valence-electron chi connectivity index (χ0n) is 6.07. The van der Waals surface area contributed by atoms with E-state index in [-0.39, 0.29) is 44.4 Å². The van der Waals surface area contributed by atoms with Crippen LogP contribution < -0.4 is 0 Å². The van der Waals surface area contributed by atoms with Crippen LogP contribution in [0.3, 0.4) is 0 Å². The smallest absolute Gasteiger partial charge is 0.107 e. The SMILES string of the molecule is Cc1nc2ccccc2[te]1.I. The van der Waals surface area contributed by atoms with E-state index in [1.54, 1.807) is 0 Å². The van der Waals surface area contributed by atoms with Gasteiger partial charge in [0.1, 0.15) is 0 Å². The van der Waals surface area contributed by atoms with E-state index in [1.165, 1.54) is 12.6 Å². The molecular formula is C8H8INTe. The standard InChI is InChI=1S/C8H7NTe.HI/c1-6-9-7-4-2-3-5-8(7)10-6;/h2-5H,1H3;1H. The third-order valence-corrected chi connectivity index (χ3v) is 4.12. The van der Waals surface area contributed by atoms with E-state index in [0.29, 0.717) is 0 Å². The van der Waals surface area contributed by atoms with Gasteiger partial charge in [-0.1, -0.05) is 0 Å². The first-order valence-corrected chi connectivity index (χ1v) is 5.51. The van der Waals surface area contributed by atoms with Crippen molar-refractivity contribution in [1.29, 1.82) is 0 Å². The topological polar surface area (TPSA) is 12.9 Å². The number of halogens is 1. The molecule has 0 saturated heterocycles. The van der Waals surface area contributed by atoms with E-state index >= 15 is 0 Å². The Morgan fingerprint density at radius 3 is 2.73 bits per heavy atom. The van der Waals surface area contributed by atoms with E-state index in [0.717, 1.165) is 0 Å². The molecule has 2 rings (SSSR count). The van der Waals surface area contributed by atoms with E-state index in [9.17, 15) is 0 Å². The minimum Gasteiger partial charge on any atom is -0.107 e. The fraction of sp³-hybridized carbons (Fsp3) is 0.125. The van der Waals surface area contributed by atoms with Crippen LogP contribution in [-0.4, -0.2) is 25.4 Å². The number of para-hydroxylation sites is 1. The average Bonchev–Trinajstić information content (AvgIpc) is 2.27. The Morgan fingerprint density at radius 2 is 2.00 bits per heavy atom. The second-order valence-corrected chi connectivity index (χ2v) is 5.72. The molecule has 0 radical (unpaired) electrons. The molecule has 0 amide bonds. The van der Waals surface area contributed by atoms with Crippen LogP contribution in [0.25, 0.3) is 8.92 Å². The van der Waals surface area contributed by atoms with Crippen molar-refractivity contribution in [3.8, 4) is 0 Å². The van der Waals surface area contributed by atoms with Crippen molar-refractivity contribution in [2.24, 2.45) is 0 Å². The predicted molar refractivity (Wildman–Crippen MR) is 58.8 cm³/mol. The summed E-state index contributed by atoms with van der Waals surface area (Å²) in [6, 6.07) is 8.43. The van der Waals surface area contributed by atoms with Gasteiger partial charge >= 0.3 is 69.2 Å². The summed E-state index contributed by atoms with van der Waals surface area (Å²) in [7, 11) is 0. The second-order valence-electron chi connectivity index (χ2n) is 2.20. The van der Waals surface area contributed by atoms with Crippen LogP contribution in [0.5, 0.6) is 0 Å². The molecule has 0 aliphatic rings. The van der Waals surface area contributed by atoms with Gasteiger partial charge < -0.3 is 0 Å². The van der Waals surface area contributed by atoms with Crippen LogP contribution in [0, 0.1) is 6.92 Å². The van der Waals surface area contributed by atoms with Crippen molar-refractivity contribution in [1.82, 2.24) is 4.98 Å². The molecule has 0 atom stereocenters. The molecular weight excluding hydrogens is 365 g/mol. The van der Waals surface area contributed by atoms with Crippen LogP contribution in [0.1, 0.15) is 3.71 Å². The fourth-order valence-electron chi connectivity index (χ4n) is 0.987. The quantitative estimate of drug-likeness (QED) is 0.510. The molecule has 1 aromatic heterocycles. The number of nitrogens with zero attached hydrogens (tertiary/aromatic N) is 1. The number of hydrogen-bond donors (Lipinski definition) is 0. The van der Waals surface area contributed by atoms with Crippen LogP contribution >= 0.6 is 24.0 Å². The molecule has 11 heavy (non-hydrogen) atoms. The van der Waals surface area contributed by atoms with E-state index in [4.69, 9.17) is 0 Å². The van der Waals surface area contributed by atoms with Crippen LogP contribution in [0.2, 0.25) is 0 Å². The maximum atomic E-state index is 4.43. The molecule has 0 saturated carbocycles. The second kappa shape index (κ2) is 3.88. The Kier molecular flexibility index (Phi) is 3.35. The van der Waals surface area contributed by atoms with Gasteiger partial charge in [-0.15, -0.1) is 24.0 Å². The van der Waals surface area contributed by atoms with Gasteiger partial charge in [0.15, 0.2) is 0 Å². The summed E-state index contributed by atoms with van der Waals surface area (Å²) in [5.74, 6) is 0. The largest absolute Gasteiger partial charge is 0.107 e. The summed E-state index contributed by atoms with van der Waals surface area (Å²) in [6.07, 6.45) is 0. The van der Waals surface area contributed by atoms with Gasteiger partial charge in [-0.05, 0) is 0 Å². The molecule has 0 fully saturated rings. The normalized spacial score (nSPS) is 9.55. The monoisotopic (exact) mass is 375 g/mol. The summed E-state index contributed by atoms with van der Waals surface area (Å²) in [5, 5.41) is 0. The number of aryl methyl sites for hydroxylation is 1. The molecule has 0 N–H and O–H groups in total. The maximum absolute atomic E-state index is 4.43. The zero-order valence-corrected chi connectivity index (χ0v) is 10.7. The average molecular weight is 373 g/mol. The molecule has 0 bridgehead atoms. The molecule has 3 heteroatoms. The first-order valence-electron chi connectivity index (χ1n) is 3.18. The van der Waals surface area contributed by atoms with Crippen LogP contribution in [-0.2, 0) is 0 Å². The molecule has 0 aliphatic carbocycles. The summed E-state index contributed by atoms with van der Waals surface area (Å²) < 4.78 is 2.84. The summed E-state index contributed by atoms with van der Waals surface area (Å²) in [5.41, 5.74) is 1.21. The van der Waals surface area contributed by atoms with Crippen molar-refractivity contribution in [3.05, 3.63) is 28.0 Å². The fourth-order valence-corrected chi connectivity index (χ4v) is 3.35. The van der Waals surface area contributed by atoms with Crippen LogP contribution in [0.15, 0.2) is 24.3 Å². The first kappa shape index (κ1) is 9.50. The van der Waals surface area contributed by atoms with E-state index in [1.807, 2.05) is 6.07 Å². The molecule has 58 valence electrons. The Morgan fingerprint density at radius 1 is 1.27 bits per heavy atom. The Hall–Kier alpha value is 0.410. The Bertz CT molecular complexity index is 323. The minimum absolute atomic E-state index is 0.